The molecule has 5 heavy (non-hydrogen) atoms. The van der Waals surface area contributed by atoms with Crippen molar-refractivity contribution < 1.29 is 56.9 Å². The molecule has 0 saturated carbocycles. The first-order chi connectivity index (χ1) is 1.41. The standard InChI is InChI=1S/Na.Ni.HO2P.H/c;;1-3-2;/h;;(H,1,2);/q+1;;;-1. The summed E-state index contributed by atoms with van der Waals surface area (Å²) < 4.78 is 8.46. The Morgan fingerprint density at radius 2 is 1.80 bits per heavy atom. The Balaban J connectivity index is -0.00000000667. The van der Waals surface area contributed by atoms with Gasteiger partial charge in [-0.25, -0.2) is 4.57 Å². The Morgan fingerprint density at radius 3 is 1.80 bits per heavy atom. The van der Waals surface area contributed by atoms with Crippen LogP contribution in [0, 0.1) is 0 Å². The zero-order chi connectivity index (χ0) is 2.71. The summed E-state index contributed by atoms with van der Waals surface area (Å²) in [6.45, 7) is 0. The summed E-state index contributed by atoms with van der Waals surface area (Å²) in [6.07, 6.45) is 0. The molecule has 0 atom stereocenters. The van der Waals surface area contributed by atoms with E-state index in [4.69, 9.17) is 9.46 Å². The van der Waals surface area contributed by atoms with Gasteiger partial charge in [-0.3, -0.25) is 0 Å². The Bertz CT molecular complexity index is 21.0. The maximum Gasteiger partial charge on any atom is 1.00 e. The van der Waals surface area contributed by atoms with E-state index in [0.717, 1.165) is 0 Å². The number of hydrogen-bond donors (Lipinski definition) is 1. The van der Waals surface area contributed by atoms with Crippen LogP contribution in [0.25, 0.3) is 0 Å². The molecule has 0 aliphatic carbocycles. The molecule has 0 aliphatic heterocycles. The topological polar surface area (TPSA) is 37.3 Å². The van der Waals surface area contributed by atoms with E-state index in [2.05, 4.69) is 0 Å². The normalized spacial score (nSPS) is 4.20. The summed E-state index contributed by atoms with van der Waals surface area (Å²) >= 11 is 0. The molecule has 0 radical (unpaired) electrons. The summed E-state index contributed by atoms with van der Waals surface area (Å²) in [7, 11) is -0.833. The van der Waals surface area contributed by atoms with Crippen LogP contribution in [0.2, 0.25) is 0 Å². The number of hydrogen-bond acceptors (Lipinski definition) is 1. The second kappa shape index (κ2) is 17.7. The molecule has 0 heterocycles. The smallest absolute Gasteiger partial charge is 1.00 e. The molecule has 0 amide bonds. The van der Waals surface area contributed by atoms with E-state index < -0.39 is 8.69 Å². The van der Waals surface area contributed by atoms with Crippen LogP contribution in [-0.4, -0.2) is 4.89 Å². The van der Waals surface area contributed by atoms with Gasteiger partial charge in [0.2, 0.25) is 0 Å². The second-order valence-corrected chi connectivity index (χ2v) is 0.245. The summed E-state index contributed by atoms with van der Waals surface area (Å²) in [4.78, 5) is 6.99. The maximum atomic E-state index is 8.46. The molecule has 1 N–H and O–H groups in total. The fraction of sp³-hybridized carbons (Fsp3) is 0. The van der Waals surface area contributed by atoms with E-state index in [1.165, 1.54) is 0 Å². The third-order valence-corrected chi connectivity index (χ3v) is 0. The van der Waals surface area contributed by atoms with E-state index in [0.29, 0.717) is 0 Å². The van der Waals surface area contributed by atoms with Crippen molar-refractivity contribution in [1.82, 2.24) is 0 Å². The summed E-state index contributed by atoms with van der Waals surface area (Å²) in [5, 5.41) is 0. The SMILES string of the molecule is O=PO.[H-].[Na+].[Ni]. The van der Waals surface area contributed by atoms with Gasteiger partial charge in [-0.05, 0) is 0 Å². The minimum absolute atomic E-state index is 0. The molecule has 5 heteroatoms. The monoisotopic (exact) mass is 146 g/mol. The van der Waals surface area contributed by atoms with Crippen molar-refractivity contribution in [3.63, 3.8) is 0 Å². The van der Waals surface area contributed by atoms with E-state index >= 15 is 0 Å². The van der Waals surface area contributed by atoms with Gasteiger partial charge >= 0.3 is 38.2 Å². The van der Waals surface area contributed by atoms with Crippen LogP contribution >= 0.6 is 8.69 Å². The minimum Gasteiger partial charge on any atom is -1.00 e. The van der Waals surface area contributed by atoms with Gasteiger partial charge in [-0.15, -0.1) is 0 Å². The van der Waals surface area contributed by atoms with E-state index in [9.17, 15) is 0 Å². The first-order valence-electron chi connectivity index (χ1n) is 0.383. The van der Waals surface area contributed by atoms with Crippen molar-refractivity contribution in [2.75, 3.05) is 0 Å². The molecule has 0 aromatic rings. The van der Waals surface area contributed by atoms with Crippen LogP contribution < -0.4 is 29.6 Å². The maximum absolute atomic E-state index is 8.46. The van der Waals surface area contributed by atoms with Crippen molar-refractivity contribution in [2.24, 2.45) is 0 Å². The summed E-state index contributed by atoms with van der Waals surface area (Å²) in [5.74, 6) is 0. The molecule has 0 aromatic carbocycles. The molecule has 0 spiro atoms. The zero-order valence-electron chi connectivity index (χ0n) is 3.62. The third-order valence-electron chi connectivity index (χ3n) is 0. The van der Waals surface area contributed by atoms with E-state index in [1.807, 2.05) is 0 Å². The fourth-order valence-corrected chi connectivity index (χ4v) is 0. The van der Waals surface area contributed by atoms with Gasteiger partial charge in [-0.1, -0.05) is 0 Å². The predicted molar refractivity (Wildman–Crippen MR) is 10.9 cm³/mol. The summed E-state index contributed by atoms with van der Waals surface area (Å²) in [5.41, 5.74) is 0. The predicted octanol–water partition coefficient (Wildman–Crippen LogP) is -2.70. The largest absolute Gasteiger partial charge is 1.00 e. The molecule has 0 aliphatic rings. The molecular formula is H2NaNiO2P. The Morgan fingerprint density at radius 1 is 1.80 bits per heavy atom. The third kappa shape index (κ3) is 29.1. The van der Waals surface area contributed by atoms with Crippen molar-refractivity contribution in [3.05, 3.63) is 0 Å². The summed E-state index contributed by atoms with van der Waals surface area (Å²) in [6, 6.07) is 0. The van der Waals surface area contributed by atoms with Gasteiger partial charge in [0.25, 0.3) is 0 Å². The molecular weight excluding hydrogens is 145 g/mol. The van der Waals surface area contributed by atoms with Gasteiger partial charge < -0.3 is 6.32 Å². The zero-order valence-corrected chi connectivity index (χ0v) is 6.50. The second-order valence-electron chi connectivity index (χ2n) is 0.0816. The van der Waals surface area contributed by atoms with Crippen molar-refractivity contribution in [3.8, 4) is 0 Å². The minimum atomic E-state index is -0.833. The van der Waals surface area contributed by atoms with Gasteiger partial charge in [0.05, 0.1) is 0 Å². The van der Waals surface area contributed by atoms with Gasteiger partial charge in [-0.2, -0.15) is 0 Å². The molecule has 0 saturated heterocycles. The Labute approximate surface area is 65.3 Å². The van der Waals surface area contributed by atoms with Gasteiger partial charge in [0.15, 0.2) is 0 Å². The molecule has 0 fully saturated rings. The average Bonchev–Trinajstić information content (AvgIpc) is 0.918. The molecule has 0 unspecified atom stereocenters. The van der Waals surface area contributed by atoms with Gasteiger partial charge in [0, 0.05) is 16.5 Å². The molecule has 2 nitrogen and oxygen atoms in total. The van der Waals surface area contributed by atoms with Crippen molar-refractivity contribution >= 4 is 8.69 Å². The van der Waals surface area contributed by atoms with Crippen molar-refractivity contribution in [1.29, 1.82) is 0 Å². The van der Waals surface area contributed by atoms with Crippen LogP contribution in [0.15, 0.2) is 0 Å². The van der Waals surface area contributed by atoms with Crippen LogP contribution in [0.3, 0.4) is 0 Å². The van der Waals surface area contributed by atoms with Crippen molar-refractivity contribution in [2.45, 2.75) is 0 Å². The first kappa shape index (κ1) is 16.0. The fourth-order valence-electron chi connectivity index (χ4n) is 0. The molecule has 30 valence electrons. The Hall–Kier alpha value is 1.55. The van der Waals surface area contributed by atoms with Crippen LogP contribution in [0.4, 0.5) is 0 Å². The number of rotatable bonds is 0. The van der Waals surface area contributed by atoms with E-state index in [1.54, 1.807) is 0 Å². The molecule has 0 bridgehead atoms. The Kier molecular flexibility index (Phi) is 56.5. The van der Waals surface area contributed by atoms with E-state index in [-0.39, 0.29) is 47.5 Å². The quantitative estimate of drug-likeness (QED) is 0.299. The van der Waals surface area contributed by atoms with Crippen LogP contribution in [0.5, 0.6) is 0 Å². The van der Waals surface area contributed by atoms with Gasteiger partial charge in [0.1, 0.15) is 0 Å². The molecule has 0 aromatic heterocycles. The van der Waals surface area contributed by atoms with Crippen LogP contribution in [-0.2, 0) is 21.1 Å². The first-order valence-corrected chi connectivity index (χ1v) is 1.15. The average molecular weight is 147 g/mol. The molecule has 0 rings (SSSR count). The van der Waals surface area contributed by atoms with Crippen LogP contribution in [0.1, 0.15) is 1.43 Å².